The summed E-state index contributed by atoms with van der Waals surface area (Å²) in [6, 6.07) is 7.34. The number of likely N-dealkylation sites (tertiary alicyclic amines) is 1. The van der Waals surface area contributed by atoms with Crippen LogP contribution in [0.3, 0.4) is 0 Å². The first-order chi connectivity index (χ1) is 10.1. The van der Waals surface area contributed by atoms with E-state index < -0.39 is 0 Å². The third kappa shape index (κ3) is 4.55. The van der Waals surface area contributed by atoms with Crippen LogP contribution in [0, 0.1) is 19.8 Å². The van der Waals surface area contributed by atoms with Crippen molar-refractivity contribution in [3.05, 3.63) is 34.9 Å². The summed E-state index contributed by atoms with van der Waals surface area (Å²) < 4.78 is 0. The molecule has 1 heterocycles. The molecule has 0 bridgehead atoms. The Bertz CT molecular complexity index is 433. The zero-order chi connectivity index (χ0) is 15.2. The van der Waals surface area contributed by atoms with E-state index in [1.807, 2.05) is 0 Å². The number of rotatable bonds is 6. The van der Waals surface area contributed by atoms with Crippen LogP contribution in [0.25, 0.3) is 0 Å². The third-order valence-corrected chi connectivity index (χ3v) is 4.98. The molecule has 2 rings (SSSR count). The lowest BCUT2D eigenvalue weighted by molar-refractivity contribution is 0.166. The fraction of sp³-hybridized carbons (Fsp3) is 0.684. The van der Waals surface area contributed by atoms with Gasteiger partial charge in [0.2, 0.25) is 0 Å². The van der Waals surface area contributed by atoms with Gasteiger partial charge in [-0.25, -0.2) is 0 Å². The second-order valence-electron chi connectivity index (χ2n) is 6.62. The molecule has 1 fully saturated rings. The summed E-state index contributed by atoms with van der Waals surface area (Å²) in [6.07, 6.45) is 4.10. The summed E-state index contributed by atoms with van der Waals surface area (Å²) in [5.74, 6) is 0.958. The molecule has 1 atom stereocenters. The van der Waals surface area contributed by atoms with Gasteiger partial charge >= 0.3 is 0 Å². The van der Waals surface area contributed by atoms with Crippen molar-refractivity contribution in [2.45, 2.75) is 53.0 Å². The second kappa shape index (κ2) is 7.95. The van der Waals surface area contributed by atoms with Crippen molar-refractivity contribution < 1.29 is 0 Å². The molecule has 1 aromatic carbocycles. The molecule has 1 N–H and O–H groups in total. The number of hydrogen-bond acceptors (Lipinski definition) is 2. The highest BCUT2D eigenvalue weighted by atomic mass is 15.2. The Labute approximate surface area is 130 Å². The van der Waals surface area contributed by atoms with Crippen molar-refractivity contribution in [2.75, 3.05) is 26.2 Å². The molecule has 1 aromatic rings. The molecule has 2 heteroatoms. The summed E-state index contributed by atoms with van der Waals surface area (Å²) in [5.41, 5.74) is 4.25. The number of hydrogen-bond donors (Lipinski definition) is 1. The molecule has 0 aromatic heterocycles. The highest BCUT2D eigenvalue weighted by Crippen LogP contribution is 2.24. The summed E-state index contributed by atoms with van der Waals surface area (Å²) >= 11 is 0. The number of likely N-dealkylation sites (N-methyl/N-ethyl adjacent to an activating group) is 1. The summed E-state index contributed by atoms with van der Waals surface area (Å²) in [4.78, 5) is 2.65. The normalized spacial score (nSPS) is 18.9. The Morgan fingerprint density at radius 2 is 1.90 bits per heavy atom. The van der Waals surface area contributed by atoms with Crippen LogP contribution in [0.4, 0.5) is 0 Å². The molecule has 2 nitrogen and oxygen atoms in total. The highest BCUT2D eigenvalue weighted by Gasteiger charge is 2.21. The molecule has 118 valence electrons. The minimum atomic E-state index is 0.466. The van der Waals surface area contributed by atoms with Crippen LogP contribution >= 0.6 is 0 Å². The molecular weight excluding hydrogens is 256 g/mol. The predicted octanol–water partition coefficient (Wildman–Crippen LogP) is 4.08. The van der Waals surface area contributed by atoms with E-state index in [9.17, 15) is 0 Å². The SMILES string of the molecule is CCNC(CN1CCC(CC)CC1)c1ccc(C)cc1C. The lowest BCUT2D eigenvalue weighted by Crippen LogP contribution is -2.40. The summed E-state index contributed by atoms with van der Waals surface area (Å²) in [6.45, 7) is 13.7. The van der Waals surface area contributed by atoms with E-state index in [4.69, 9.17) is 0 Å². The number of piperidine rings is 1. The zero-order valence-corrected chi connectivity index (χ0v) is 14.3. The van der Waals surface area contributed by atoms with E-state index in [0.29, 0.717) is 6.04 Å². The van der Waals surface area contributed by atoms with Crippen LogP contribution in [0.5, 0.6) is 0 Å². The Kier molecular flexibility index (Phi) is 6.25. The van der Waals surface area contributed by atoms with E-state index in [0.717, 1.165) is 19.0 Å². The number of nitrogens with one attached hydrogen (secondary N) is 1. The fourth-order valence-electron chi connectivity index (χ4n) is 3.57. The first kappa shape index (κ1) is 16.5. The second-order valence-corrected chi connectivity index (χ2v) is 6.62. The van der Waals surface area contributed by atoms with Crippen molar-refractivity contribution in [3.8, 4) is 0 Å². The van der Waals surface area contributed by atoms with Crippen LogP contribution in [0.1, 0.15) is 55.8 Å². The van der Waals surface area contributed by atoms with Crippen LogP contribution in [-0.4, -0.2) is 31.1 Å². The van der Waals surface area contributed by atoms with Crippen LogP contribution in [0.15, 0.2) is 18.2 Å². The monoisotopic (exact) mass is 288 g/mol. The Hall–Kier alpha value is -0.860. The predicted molar refractivity (Wildman–Crippen MR) is 91.8 cm³/mol. The molecule has 1 aliphatic heterocycles. The molecule has 1 aliphatic rings. The first-order valence-electron chi connectivity index (χ1n) is 8.66. The number of aryl methyl sites for hydroxylation is 2. The van der Waals surface area contributed by atoms with E-state index in [-0.39, 0.29) is 0 Å². The smallest absolute Gasteiger partial charge is 0.0451 e. The Morgan fingerprint density at radius 1 is 1.19 bits per heavy atom. The first-order valence-corrected chi connectivity index (χ1v) is 8.66. The molecular formula is C19H32N2. The molecule has 21 heavy (non-hydrogen) atoms. The maximum absolute atomic E-state index is 3.69. The third-order valence-electron chi connectivity index (χ3n) is 4.98. The van der Waals surface area contributed by atoms with Crippen LogP contribution in [0.2, 0.25) is 0 Å². The Balaban J connectivity index is 2.02. The minimum absolute atomic E-state index is 0.466. The zero-order valence-electron chi connectivity index (χ0n) is 14.3. The lowest BCUT2D eigenvalue weighted by atomic mass is 9.93. The van der Waals surface area contributed by atoms with Gasteiger partial charge in [-0.1, -0.05) is 44.0 Å². The van der Waals surface area contributed by atoms with Crippen LogP contribution < -0.4 is 5.32 Å². The number of benzene rings is 1. The van der Waals surface area contributed by atoms with Gasteiger partial charge in [-0.05, 0) is 63.4 Å². The molecule has 0 amide bonds. The fourth-order valence-corrected chi connectivity index (χ4v) is 3.57. The quantitative estimate of drug-likeness (QED) is 0.848. The van der Waals surface area contributed by atoms with E-state index in [1.165, 1.54) is 49.0 Å². The topological polar surface area (TPSA) is 15.3 Å². The van der Waals surface area contributed by atoms with Crippen molar-refractivity contribution in [1.29, 1.82) is 0 Å². The van der Waals surface area contributed by atoms with Gasteiger partial charge in [-0.15, -0.1) is 0 Å². The molecule has 0 aliphatic carbocycles. The van der Waals surface area contributed by atoms with Crippen molar-refractivity contribution in [3.63, 3.8) is 0 Å². The molecule has 1 unspecified atom stereocenters. The molecule has 1 saturated heterocycles. The summed E-state index contributed by atoms with van der Waals surface area (Å²) in [5, 5.41) is 3.69. The molecule has 0 spiro atoms. The molecule has 0 radical (unpaired) electrons. The molecule has 0 saturated carbocycles. The van der Waals surface area contributed by atoms with Gasteiger partial charge in [-0.2, -0.15) is 0 Å². The van der Waals surface area contributed by atoms with Gasteiger partial charge in [0.15, 0.2) is 0 Å². The van der Waals surface area contributed by atoms with Gasteiger partial charge in [-0.3, -0.25) is 0 Å². The van der Waals surface area contributed by atoms with Crippen molar-refractivity contribution >= 4 is 0 Å². The van der Waals surface area contributed by atoms with E-state index in [2.05, 4.69) is 56.1 Å². The highest BCUT2D eigenvalue weighted by molar-refractivity contribution is 5.33. The largest absolute Gasteiger partial charge is 0.309 e. The number of nitrogens with zero attached hydrogens (tertiary/aromatic N) is 1. The van der Waals surface area contributed by atoms with Crippen molar-refractivity contribution in [1.82, 2.24) is 10.2 Å². The minimum Gasteiger partial charge on any atom is -0.309 e. The summed E-state index contributed by atoms with van der Waals surface area (Å²) in [7, 11) is 0. The van der Waals surface area contributed by atoms with Gasteiger partial charge in [0.1, 0.15) is 0 Å². The van der Waals surface area contributed by atoms with Crippen LogP contribution in [-0.2, 0) is 0 Å². The lowest BCUT2D eigenvalue weighted by Gasteiger charge is -2.34. The van der Waals surface area contributed by atoms with E-state index in [1.54, 1.807) is 0 Å². The average Bonchev–Trinajstić information content (AvgIpc) is 2.48. The average molecular weight is 288 g/mol. The maximum atomic E-state index is 3.69. The Morgan fingerprint density at radius 3 is 2.48 bits per heavy atom. The van der Waals surface area contributed by atoms with Gasteiger partial charge in [0.25, 0.3) is 0 Å². The maximum Gasteiger partial charge on any atom is 0.0451 e. The van der Waals surface area contributed by atoms with Crippen molar-refractivity contribution in [2.24, 2.45) is 5.92 Å². The van der Waals surface area contributed by atoms with E-state index >= 15 is 0 Å². The standard InChI is InChI=1S/C19H32N2/c1-5-17-9-11-21(12-10-17)14-19(20-6-2)18-8-7-15(3)13-16(18)4/h7-8,13,17,19-20H,5-6,9-12,14H2,1-4H3. The van der Waals surface area contributed by atoms with Gasteiger partial charge in [0, 0.05) is 12.6 Å². The van der Waals surface area contributed by atoms with Gasteiger partial charge in [0.05, 0.1) is 0 Å². The van der Waals surface area contributed by atoms with Gasteiger partial charge < -0.3 is 10.2 Å².